The quantitative estimate of drug-likeness (QED) is 0.375. The highest BCUT2D eigenvalue weighted by atomic mass is 32.2. The lowest BCUT2D eigenvalue weighted by Gasteiger charge is -2.14. The molecule has 0 aliphatic heterocycles. The van der Waals surface area contributed by atoms with E-state index in [9.17, 15) is 31.1 Å². The van der Waals surface area contributed by atoms with E-state index in [1.807, 2.05) is 0 Å². The first-order valence-corrected chi connectivity index (χ1v) is 8.53. The molecule has 0 amide bonds. The monoisotopic (exact) mass is 409 g/mol. The van der Waals surface area contributed by atoms with E-state index in [1.165, 1.54) is 18.3 Å². The summed E-state index contributed by atoms with van der Waals surface area (Å²) in [5.74, 6) is -0.435. The number of hydrogen-bond donors (Lipinski definition) is 0. The summed E-state index contributed by atoms with van der Waals surface area (Å²) in [5, 5.41) is 0. The van der Waals surface area contributed by atoms with Gasteiger partial charge in [0.25, 0.3) is 0 Å². The summed E-state index contributed by atoms with van der Waals surface area (Å²) in [5.41, 5.74) is -3.17. The standard InChI is InChI=1S/C17H13F6NO2S/c1-2-26-15(25)9-27-13-3-4-14(24-8-13)10-5-11(16(18,19)20)7-12(6-10)17(21,22)23/h3-8H,2,9H2,1H3. The van der Waals surface area contributed by atoms with Gasteiger partial charge in [0, 0.05) is 16.7 Å². The van der Waals surface area contributed by atoms with Crippen molar-refractivity contribution in [2.75, 3.05) is 12.4 Å². The summed E-state index contributed by atoms with van der Waals surface area (Å²) in [7, 11) is 0. The molecule has 1 aromatic heterocycles. The lowest BCUT2D eigenvalue weighted by Crippen LogP contribution is -2.11. The lowest BCUT2D eigenvalue weighted by atomic mass is 10.0. The molecule has 0 spiro atoms. The van der Waals surface area contributed by atoms with Gasteiger partial charge in [-0.3, -0.25) is 9.78 Å². The number of aromatic nitrogens is 1. The number of pyridine rings is 1. The number of nitrogens with zero attached hydrogens (tertiary/aromatic N) is 1. The molecule has 0 saturated heterocycles. The number of hydrogen-bond acceptors (Lipinski definition) is 4. The molecular formula is C17H13F6NO2S. The first-order valence-electron chi connectivity index (χ1n) is 7.55. The zero-order valence-corrected chi connectivity index (χ0v) is 14.6. The third kappa shape index (κ3) is 5.88. The fourth-order valence-electron chi connectivity index (χ4n) is 2.08. The maximum absolute atomic E-state index is 12.9. The number of rotatable bonds is 5. The number of benzene rings is 1. The molecule has 0 bridgehead atoms. The van der Waals surface area contributed by atoms with Gasteiger partial charge in [0.2, 0.25) is 0 Å². The van der Waals surface area contributed by atoms with Gasteiger partial charge in [0.15, 0.2) is 0 Å². The summed E-state index contributed by atoms with van der Waals surface area (Å²) < 4.78 is 82.3. The molecular weight excluding hydrogens is 396 g/mol. The molecule has 1 heterocycles. The van der Waals surface area contributed by atoms with Gasteiger partial charge in [-0.15, -0.1) is 11.8 Å². The van der Waals surface area contributed by atoms with Crippen LogP contribution < -0.4 is 0 Å². The van der Waals surface area contributed by atoms with E-state index in [1.54, 1.807) is 6.92 Å². The van der Waals surface area contributed by atoms with Gasteiger partial charge in [-0.2, -0.15) is 26.3 Å². The van der Waals surface area contributed by atoms with Crippen LogP contribution in [0.3, 0.4) is 0 Å². The Hall–Kier alpha value is -2.23. The Labute approximate surface area is 154 Å². The Morgan fingerprint density at radius 2 is 1.63 bits per heavy atom. The average molecular weight is 409 g/mol. The third-order valence-electron chi connectivity index (χ3n) is 3.28. The number of carbonyl (C=O) groups is 1. The Morgan fingerprint density at radius 1 is 1.04 bits per heavy atom. The van der Waals surface area contributed by atoms with Crippen molar-refractivity contribution in [2.24, 2.45) is 0 Å². The zero-order valence-electron chi connectivity index (χ0n) is 13.8. The molecule has 0 radical (unpaired) electrons. The van der Waals surface area contributed by atoms with Crippen molar-refractivity contribution in [3.05, 3.63) is 47.7 Å². The van der Waals surface area contributed by atoms with E-state index in [0.717, 1.165) is 11.8 Å². The first kappa shape index (κ1) is 21.1. The molecule has 0 fully saturated rings. The predicted molar refractivity (Wildman–Crippen MR) is 87.0 cm³/mol. The maximum atomic E-state index is 12.9. The molecule has 0 saturated carbocycles. The first-order chi connectivity index (χ1) is 12.5. The van der Waals surface area contributed by atoms with Gasteiger partial charge in [-0.25, -0.2) is 0 Å². The Bertz CT molecular complexity index is 770. The van der Waals surface area contributed by atoms with E-state index in [4.69, 9.17) is 4.74 Å². The van der Waals surface area contributed by atoms with E-state index in [0.29, 0.717) is 17.0 Å². The molecule has 0 unspecified atom stereocenters. The van der Waals surface area contributed by atoms with Crippen LogP contribution >= 0.6 is 11.8 Å². The van der Waals surface area contributed by atoms with Crippen LogP contribution in [-0.4, -0.2) is 23.3 Å². The summed E-state index contributed by atoms with van der Waals surface area (Å²) >= 11 is 1.09. The van der Waals surface area contributed by atoms with Crippen LogP contribution in [0.2, 0.25) is 0 Å². The van der Waals surface area contributed by atoms with Crippen molar-refractivity contribution in [2.45, 2.75) is 24.2 Å². The molecule has 27 heavy (non-hydrogen) atoms. The van der Waals surface area contributed by atoms with E-state index in [-0.39, 0.29) is 29.7 Å². The third-order valence-corrected chi connectivity index (χ3v) is 4.24. The van der Waals surface area contributed by atoms with E-state index < -0.39 is 29.4 Å². The number of halogens is 6. The zero-order chi connectivity index (χ0) is 20.2. The number of ether oxygens (including phenoxy) is 1. The van der Waals surface area contributed by atoms with Crippen molar-refractivity contribution in [3.63, 3.8) is 0 Å². The van der Waals surface area contributed by atoms with Gasteiger partial charge < -0.3 is 4.74 Å². The number of thioether (sulfide) groups is 1. The minimum atomic E-state index is -4.93. The highest BCUT2D eigenvalue weighted by Crippen LogP contribution is 2.38. The Balaban J connectivity index is 2.30. The number of esters is 1. The number of alkyl halides is 6. The van der Waals surface area contributed by atoms with Crippen LogP contribution in [0.1, 0.15) is 18.1 Å². The fraction of sp³-hybridized carbons (Fsp3) is 0.294. The topological polar surface area (TPSA) is 39.2 Å². The summed E-state index contributed by atoms with van der Waals surface area (Å²) in [4.78, 5) is 15.7. The molecule has 0 N–H and O–H groups in total. The van der Waals surface area contributed by atoms with Gasteiger partial charge in [-0.1, -0.05) is 0 Å². The molecule has 146 valence electrons. The van der Waals surface area contributed by atoms with Crippen molar-refractivity contribution < 1.29 is 35.9 Å². The van der Waals surface area contributed by atoms with Crippen LogP contribution in [0.4, 0.5) is 26.3 Å². The van der Waals surface area contributed by atoms with E-state index in [2.05, 4.69) is 4.98 Å². The number of carbonyl (C=O) groups excluding carboxylic acids is 1. The van der Waals surface area contributed by atoms with Gasteiger partial charge in [-0.05, 0) is 37.3 Å². The van der Waals surface area contributed by atoms with Crippen LogP contribution in [0.25, 0.3) is 11.3 Å². The second kappa shape index (κ2) is 8.20. The predicted octanol–water partition coefficient (Wildman–Crippen LogP) is 5.44. The largest absolute Gasteiger partial charge is 0.465 e. The average Bonchev–Trinajstić information content (AvgIpc) is 2.59. The molecule has 3 nitrogen and oxygen atoms in total. The molecule has 2 rings (SSSR count). The molecule has 2 aromatic rings. The van der Waals surface area contributed by atoms with E-state index >= 15 is 0 Å². The highest BCUT2D eigenvalue weighted by molar-refractivity contribution is 8.00. The van der Waals surface area contributed by atoms with Gasteiger partial charge in [0.05, 0.1) is 29.2 Å². The van der Waals surface area contributed by atoms with Crippen molar-refractivity contribution >= 4 is 17.7 Å². The van der Waals surface area contributed by atoms with Crippen molar-refractivity contribution in [1.82, 2.24) is 4.98 Å². The second-order valence-corrected chi connectivity index (χ2v) is 6.32. The maximum Gasteiger partial charge on any atom is 0.416 e. The molecule has 0 aliphatic rings. The van der Waals surface area contributed by atoms with Gasteiger partial charge >= 0.3 is 18.3 Å². The molecule has 10 heteroatoms. The smallest absolute Gasteiger partial charge is 0.416 e. The van der Waals surface area contributed by atoms with Crippen molar-refractivity contribution in [1.29, 1.82) is 0 Å². The Morgan fingerprint density at radius 3 is 2.07 bits per heavy atom. The van der Waals surface area contributed by atoms with Gasteiger partial charge in [0.1, 0.15) is 0 Å². The highest BCUT2D eigenvalue weighted by Gasteiger charge is 2.37. The normalized spacial score (nSPS) is 12.1. The molecule has 0 aliphatic carbocycles. The van der Waals surface area contributed by atoms with Crippen molar-refractivity contribution in [3.8, 4) is 11.3 Å². The molecule has 0 atom stereocenters. The lowest BCUT2D eigenvalue weighted by molar-refractivity contribution is -0.143. The van der Waals surface area contributed by atoms with Crippen LogP contribution in [-0.2, 0) is 21.9 Å². The minimum Gasteiger partial charge on any atom is -0.465 e. The van der Waals surface area contributed by atoms with Crippen LogP contribution in [0.15, 0.2) is 41.4 Å². The Kier molecular flexibility index (Phi) is 6.40. The second-order valence-electron chi connectivity index (χ2n) is 5.27. The summed E-state index contributed by atoms with van der Waals surface area (Å²) in [6, 6.07) is 4.04. The minimum absolute atomic E-state index is 0.0106. The SMILES string of the molecule is CCOC(=O)CSc1ccc(-c2cc(C(F)(F)F)cc(C(F)(F)F)c2)nc1. The van der Waals surface area contributed by atoms with Crippen LogP contribution in [0.5, 0.6) is 0 Å². The summed E-state index contributed by atoms with van der Waals surface area (Å²) in [6.07, 6.45) is -8.58. The molecule has 1 aromatic carbocycles. The van der Waals surface area contributed by atoms with Crippen LogP contribution in [0, 0.1) is 0 Å². The fourth-order valence-corrected chi connectivity index (χ4v) is 2.74. The summed E-state index contributed by atoms with van der Waals surface area (Å²) in [6.45, 7) is 1.89.